The molecule has 2 amide bonds. The maximum absolute atomic E-state index is 12.1. The molecule has 0 saturated carbocycles. The standard InChI is InChI=1S/C17H19ClN4O2.C15H22N2O2/c18-13-2-1-3-14(10-13)21-17-11-16-15(19-12-20-17)4-5-22(16)6-8-24-9-7-23;1-12-4-3-5-13(7-6-12)16-15(18)17-10-8-14(19-2)9-11-17/h1-5,10,12,23H,6-9,11H2,(H,19,20,21);4-7,14H,3,8-11H2,1-2H3,(H,16,18). The number of carbonyl (C=O) groups excluding carboxylic acids is 1. The third kappa shape index (κ3) is 10.2. The Hall–Kier alpha value is -3.70. The number of rotatable bonds is 8. The van der Waals surface area contributed by atoms with Crippen molar-refractivity contribution in [1.82, 2.24) is 14.8 Å². The van der Waals surface area contributed by atoms with Crippen LogP contribution >= 0.6 is 11.6 Å². The third-order valence-corrected chi connectivity index (χ3v) is 7.48. The number of amidine groups is 1. The molecule has 2 aliphatic heterocycles. The molecule has 0 spiro atoms. The average molecular weight is 609 g/mol. The fraction of sp³-hybridized carbons (Fsp3) is 0.406. The number of nitrogens with zero attached hydrogens (tertiary/aromatic N) is 4. The van der Waals surface area contributed by atoms with E-state index < -0.39 is 0 Å². The number of piperidine rings is 1. The summed E-state index contributed by atoms with van der Waals surface area (Å²) in [5, 5.41) is 15.7. The van der Waals surface area contributed by atoms with Crippen LogP contribution in [-0.4, -0.2) is 78.9 Å². The fourth-order valence-electron chi connectivity index (χ4n) is 4.84. The summed E-state index contributed by atoms with van der Waals surface area (Å²) in [6, 6.07) is 9.48. The lowest BCUT2D eigenvalue weighted by Gasteiger charge is -2.31. The van der Waals surface area contributed by atoms with E-state index in [1.807, 2.05) is 59.7 Å². The first-order chi connectivity index (χ1) is 20.9. The van der Waals surface area contributed by atoms with Crippen LogP contribution in [-0.2, 0) is 22.4 Å². The van der Waals surface area contributed by atoms with Gasteiger partial charge in [0.05, 0.1) is 37.3 Å². The number of ether oxygens (including phenoxy) is 2. The molecule has 10 nitrogen and oxygen atoms in total. The number of halogens is 1. The highest BCUT2D eigenvalue weighted by Gasteiger charge is 2.22. The first-order valence-corrected chi connectivity index (χ1v) is 14.9. The van der Waals surface area contributed by atoms with Crippen LogP contribution in [0.5, 0.6) is 0 Å². The van der Waals surface area contributed by atoms with Gasteiger partial charge in [-0.15, -0.1) is 0 Å². The van der Waals surface area contributed by atoms with Gasteiger partial charge in [0.15, 0.2) is 0 Å². The van der Waals surface area contributed by atoms with E-state index >= 15 is 0 Å². The molecule has 230 valence electrons. The van der Waals surface area contributed by atoms with Crippen LogP contribution in [0.15, 0.2) is 82.1 Å². The molecule has 1 aromatic heterocycles. The number of aliphatic hydroxyl groups is 1. The molecular formula is C32H41ClN6O4. The van der Waals surface area contributed by atoms with E-state index in [9.17, 15) is 4.79 Å². The zero-order chi connectivity index (χ0) is 30.4. The normalized spacial score (nSPS) is 16.6. The van der Waals surface area contributed by atoms with E-state index in [4.69, 9.17) is 26.2 Å². The summed E-state index contributed by atoms with van der Waals surface area (Å²) in [7, 11) is 1.73. The number of methoxy groups -OCH3 is 1. The molecule has 1 aromatic carbocycles. The van der Waals surface area contributed by atoms with E-state index in [-0.39, 0.29) is 12.6 Å². The van der Waals surface area contributed by atoms with Crippen molar-refractivity contribution in [3.05, 3.63) is 82.8 Å². The van der Waals surface area contributed by atoms with Gasteiger partial charge in [-0.25, -0.2) is 14.8 Å². The number of anilines is 1. The smallest absolute Gasteiger partial charge is 0.321 e. The Bertz CT molecular complexity index is 1370. The van der Waals surface area contributed by atoms with Crippen LogP contribution in [0.2, 0.25) is 5.02 Å². The second-order valence-electron chi connectivity index (χ2n) is 10.3. The average Bonchev–Trinajstić information content (AvgIpc) is 3.13. The van der Waals surface area contributed by atoms with Crippen molar-refractivity contribution < 1.29 is 19.4 Å². The van der Waals surface area contributed by atoms with Crippen molar-refractivity contribution in [3.8, 4) is 0 Å². The van der Waals surface area contributed by atoms with Crippen LogP contribution < -0.4 is 10.6 Å². The van der Waals surface area contributed by atoms with Gasteiger partial charge in [-0.2, -0.15) is 0 Å². The number of carbonyl (C=O) groups is 1. The van der Waals surface area contributed by atoms with Gasteiger partial charge in [-0.3, -0.25) is 0 Å². The molecule has 0 unspecified atom stereocenters. The zero-order valence-corrected chi connectivity index (χ0v) is 25.6. The molecule has 5 rings (SSSR count). The van der Waals surface area contributed by atoms with Gasteiger partial charge in [0.25, 0.3) is 0 Å². The number of fused-ring (bicyclic) bond motifs is 1. The minimum Gasteiger partial charge on any atom is -0.394 e. The number of allylic oxidation sites excluding steroid dienone is 5. The first-order valence-electron chi connectivity index (χ1n) is 14.6. The van der Waals surface area contributed by atoms with Gasteiger partial charge >= 0.3 is 6.03 Å². The van der Waals surface area contributed by atoms with Crippen molar-refractivity contribution in [2.45, 2.75) is 45.3 Å². The van der Waals surface area contributed by atoms with E-state index in [1.54, 1.807) is 13.4 Å². The van der Waals surface area contributed by atoms with Crippen molar-refractivity contribution in [2.75, 3.05) is 45.3 Å². The highest BCUT2D eigenvalue weighted by Crippen LogP contribution is 2.24. The minimum absolute atomic E-state index is 0.00925. The predicted molar refractivity (Wildman–Crippen MR) is 172 cm³/mol. The number of amides is 2. The molecule has 3 aliphatic rings. The predicted octanol–water partition coefficient (Wildman–Crippen LogP) is 5.47. The lowest BCUT2D eigenvalue weighted by molar-refractivity contribution is 0.0507. The molecule has 43 heavy (non-hydrogen) atoms. The molecule has 3 heterocycles. The molecule has 0 atom stereocenters. The number of urea groups is 1. The summed E-state index contributed by atoms with van der Waals surface area (Å²) in [6.07, 6.45) is 15.3. The molecule has 0 radical (unpaired) electrons. The molecular weight excluding hydrogens is 568 g/mol. The lowest BCUT2D eigenvalue weighted by Crippen LogP contribution is -2.45. The van der Waals surface area contributed by atoms with Gasteiger partial charge in [0.1, 0.15) is 12.2 Å². The Morgan fingerprint density at radius 1 is 1.16 bits per heavy atom. The Morgan fingerprint density at radius 2 is 2.00 bits per heavy atom. The summed E-state index contributed by atoms with van der Waals surface area (Å²) < 4.78 is 12.8. The van der Waals surface area contributed by atoms with Gasteiger partial charge in [-0.05, 0) is 56.5 Å². The lowest BCUT2D eigenvalue weighted by atomic mass is 10.1. The number of benzene rings is 1. The second-order valence-corrected chi connectivity index (χ2v) is 10.8. The number of hydrogen-bond acceptors (Lipinski definition) is 7. The van der Waals surface area contributed by atoms with E-state index in [1.165, 1.54) is 5.57 Å². The van der Waals surface area contributed by atoms with Crippen LogP contribution in [0.4, 0.5) is 16.2 Å². The SMILES string of the molecule is COC1CCN(C(=O)NC2=CCC=C(C)C=C2)CC1.OCCOCCn1ccc2c1CC(Nc1cccc(Cl)c1)=NC=N2. The molecule has 1 fully saturated rings. The quantitative estimate of drug-likeness (QED) is 0.344. The second kappa shape index (κ2) is 16.8. The Morgan fingerprint density at radius 3 is 2.77 bits per heavy atom. The van der Waals surface area contributed by atoms with Crippen molar-refractivity contribution in [2.24, 2.45) is 9.98 Å². The molecule has 11 heteroatoms. The fourth-order valence-corrected chi connectivity index (χ4v) is 5.03. The van der Waals surface area contributed by atoms with Gasteiger partial charge in [-0.1, -0.05) is 41.5 Å². The number of nitrogens with one attached hydrogen (secondary N) is 2. The van der Waals surface area contributed by atoms with Gasteiger partial charge < -0.3 is 34.7 Å². The highest BCUT2D eigenvalue weighted by atomic mass is 35.5. The number of aliphatic hydroxyl groups excluding tert-OH is 1. The summed E-state index contributed by atoms with van der Waals surface area (Å²) in [5.74, 6) is 0.802. The largest absolute Gasteiger partial charge is 0.394 e. The number of aliphatic imine (C=N–C) groups is 2. The highest BCUT2D eigenvalue weighted by molar-refractivity contribution is 6.30. The maximum atomic E-state index is 12.1. The van der Waals surface area contributed by atoms with Gasteiger partial charge in [0, 0.05) is 55.8 Å². The molecule has 1 aliphatic carbocycles. The Kier molecular flexibility index (Phi) is 12.6. The Labute approximate surface area is 258 Å². The van der Waals surface area contributed by atoms with Crippen molar-refractivity contribution >= 4 is 41.2 Å². The first kappa shape index (κ1) is 32.2. The topological polar surface area (TPSA) is 113 Å². The molecule has 3 N–H and O–H groups in total. The third-order valence-electron chi connectivity index (χ3n) is 7.24. The minimum atomic E-state index is -0.00925. The molecule has 1 saturated heterocycles. The van der Waals surface area contributed by atoms with Crippen LogP contribution in [0.25, 0.3) is 0 Å². The number of likely N-dealkylation sites (tertiary alicyclic amines) is 1. The van der Waals surface area contributed by atoms with Gasteiger partial charge in [0.2, 0.25) is 0 Å². The van der Waals surface area contributed by atoms with Crippen molar-refractivity contribution in [3.63, 3.8) is 0 Å². The zero-order valence-electron chi connectivity index (χ0n) is 24.8. The Balaban J connectivity index is 0.000000203. The summed E-state index contributed by atoms with van der Waals surface area (Å²) in [5.41, 5.74) is 4.98. The summed E-state index contributed by atoms with van der Waals surface area (Å²) in [6.45, 7) is 5.22. The van der Waals surface area contributed by atoms with E-state index in [2.05, 4.69) is 38.2 Å². The van der Waals surface area contributed by atoms with Crippen molar-refractivity contribution in [1.29, 1.82) is 0 Å². The molecule has 0 bridgehead atoms. The summed E-state index contributed by atoms with van der Waals surface area (Å²) >= 11 is 6.02. The van der Waals surface area contributed by atoms with Crippen LogP contribution in [0.1, 0.15) is 31.9 Å². The maximum Gasteiger partial charge on any atom is 0.321 e. The summed E-state index contributed by atoms with van der Waals surface area (Å²) in [4.78, 5) is 22.8. The monoisotopic (exact) mass is 608 g/mol. The van der Waals surface area contributed by atoms with E-state index in [0.29, 0.717) is 37.3 Å². The number of aromatic nitrogens is 1. The molecule has 2 aromatic rings. The number of hydrogen-bond donors (Lipinski definition) is 3. The van der Waals surface area contributed by atoms with Crippen LogP contribution in [0, 0.1) is 0 Å². The van der Waals surface area contributed by atoms with Crippen LogP contribution in [0.3, 0.4) is 0 Å². The van der Waals surface area contributed by atoms with E-state index in [0.717, 1.165) is 61.0 Å².